The van der Waals surface area contributed by atoms with Gasteiger partial charge in [0.1, 0.15) is 6.10 Å². The van der Waals surface area contributed by atoms with Crippen LogP contribution in [-0.4, -0.2) is 34.5 Å². The summed E-state index contributed by atoms with van der Waals surface area (Å²) >= 11 is 0. The Labute approximate surface area is 147 Å². The molecule has 1 aliphatic rings. The number of hydrogen-bond donors (Lipinski definition) is 2. The average Bonchev–Trinajstić information content (AvgIpc) is 3.32. The number of carboxylic acids is 1. The van der Waals surface area contributed by atoms with Crippen molar-refractivity contribution in [1.82, 2.24) is 0 Å². The van der Waals surface area contributed by atoms with Crippen LogP contribution >= 0.6 is 0 Å². The number of hydrogen-bond acceptors (Lipinski definition) is 3. The van der Waals surface area contributed by atoms with Gasteiger partial charge in [-0.05, 0) is 32.1 Å². The first-order valence-corrected chi connectivity index (χ1v) is 9.85. The molecule has 0 radical (unpaired) electrons. The van der Waals surface area contributed by atoms with Gasteiger partial charge in [0, 0.05) is 6.42 Å². The van der Waals surface area contributed by atoms with E-state index < -0.39 is 5.97 Å². The smallest absolute Gasteiger partial charge is 0.303 e. The third-order valence-electron chi connectivity index (χ3n) is 4.65. The summed E-state index contributed by atoms with van der Waals surface area (Å²) in [5.74, 6) is -0.693. The van der Waals surface area contributed by atoms with E-state index in [9.17, 15) is 9.90 Å². The molecule has 1 saturated heterocycles. The molecule has 1 rings (SSSR count). The summed E-state index contributed by atoms with van der Waals surface area (Å²) in [7, 11) is 0. The van der Waals surface area contributed by atoms with Crippen molar-refractivity contribution in [2.45, 2.75) is 109 Å². The molecule has 3 atom stereocenters. The molecule has 0 aromatic rings. The summed E-state index contributed by atoms with van der Waals surface area (Å²) in [4.78, 5) is 10.4. The molecule has 24 heavy (non-hydrogen) atoms. The third kappa shape index (κ3) is 10.8. The number of aliphatic carboxylic acids is 1. The average molecular weight is 341 g/mol. The number of epoxide rings is 1. The second-order valence-corrected chi connectivity index (χ2v) is 6.96. The first-order valence-electron chi connectivity index (χ1n) is 9.85. The lowest BCUT2D eigenvalue weighted by molar-refractivity contribution is -0.137. The van der Waals surface area contributed by atoms with Gasteiger partial charge in [0.2, 0.25) is 0 Å². The lowest BCUT2D eigenvalue weighted by Crippen LogP contribution is -2.15. The van der Waals surface area contributed by atoms with Gasteiger partial charge in [-0.3, -0.25) is 4.79 Å². The van der Waals surface area contributed by atoms with Crippen molar-refractivity contribution in [3.05, 3.63) is 12.2 Å². The number of aliphatic hydroxyl groups is 1. The Balaban J connectivity index is 1.90. The predicted molar refractivity (Wildman–Crippen MR) is 97.1 cm³/mol. The highest BCUT2D eigenvalue weighted by molar-refractivity contribution is 5.66. The van der Waals surface area contributed by atoms with Gasteiger partial charge in [0.25, 0.3) is 0 Å². The van der Waals surface area contributed by atoms with Crippen molar-refractivity contribution >= 4 is 5.97 Å². The fraction of sp³-hybridized carbons (Fsp3) is 0.850. The molecule has 1 fully saturated rings. The molecule has 0 aliphatic carbocycles. The zero-order valence-electron chi connectivity index (χ0n) is 15.3. The van der Waals surface area contributed by atoms with E-state index in [0.29, 0.717) is 12.8 Å². The molecule has 2 N–H and O–H groups in total. The van der Waals surface area contributed by atoms with Crippen LogP contribution in [0.2, 0.25) is 0 Å². The van der Waals surface area contributed by atoms with E-state index in [0.717, 1.165) is 38.5 Å². The fourth-order valence-electron chi connectivity index (χ4n) is 3.06. The van der Waals surface area contributed by atoms with Crippen LogP contribution < -0.4 is 0 Å². The fourth-order valence-corrected chi connectivity index (χ4v) is 3.06. The van der Waals surface area contributed by atoms with Gasteiger partial charge >= 0.3 is 5.97 Å². The predicted octanol–water partition coefficient (Wildman–Crippen LogP) is 4.85. The van der Waals surface area contributed by atoms with Gasteiger partial charge in [-0.25, -0.2) is 0 Å². The van der Waals surface area contributed by atoms with E-state index in [4.69, 9.17) is 9.84 Å². The number of carbonyl (C=O) groups is 1. The molecule has 1 heterocycles. The summed E-state index contributed by atoms with van der Waals surface area (Å²) in [6.07, 6.45) is 17.5. The quantitative estimate of drug-likeness (QED) is 0.239. The molecule has 0 bridgehead atoms. The summed E-state index contributed by atoms with van der Waals surface area (Å²) in [6.45, 7) is 2.21. The van der Waals surface area contributed by atoms with Crippen LogP contribution in [0.3, 0.4) is 0 Å². The van der Waals surface area contributed by atoms with Crippen molar-refractivity contribution in [2.75, 3.05) is 0 Å². The molecule has 4 nitrogen and oxygen atoms in total. The number of ether oxygens (including phenoxy) is 1. The molecule has 140 valence electrons. The maximum atomic E-state index is 10.4. The van der Waals surface area contributed by atoms with E-state index in [-0.39, 0.29) is 18.3 Å². The van der Waals surface area contributed by atoms with E-state index in [2.05, 4.69) is 19.1 Å². The lowest BCUT2D eigenvalue weighted by atomic mass is 10.0. The molecule has 1 aliphatic heterocycles. The van der Waals surface area contributed by atoms with Gasteiger partial charge in [-0.2, -0.15) is 0 Å². The monoisotopic (exact) mass is 340 g/mol. The highest BCUT2D eigenvalue weighted by atomic mass is 16.6. The van der Waals surface area contributed by atoms with Crippen LogP contribution in [0.25, 0.3) is 0 Å². The number of allylic oxidation sites excluding steroid dienone is 1. The van der Waals surface area contributed by atoms with Crippen LogP contribution in [-0.2, 0) is 9.53 Å². The minimum atomic E-state index is -0.693. The van der Waals surface area contributed by atoms with Crippen LogP contribution in [0.15, 0.2) is 12.2 Å². The van der Waals surface area contributed by atoms with Gasteiger partial charge in [0.05, 0.1) is 12.2 Å². The molecule has 0 aromatic heterocycles. The molecule has 4 heteroatoms. The number of carboxylic acid groups (broad SMARTS) is 1. The van der Waals surface area contributed by atoms with Crippen LogP contribution in [0.1, 0.15) is 90.4 Å². The zero-order chi connectivity index (χ0) is 17.6. The first kappa shape index (κ1) is 21.2. The Morgan fingerprint density at radius 1 is 1.04 bits per heavy atom. The van der Waals surface area contributed by atoms with Crippen molar-refractivity contribution < 1.29 is 19.7 Å². The molecule has 0 aromatic carbocycles. The summed E-state index contributed by atoms with van der Waals surface area (Å²) < 4.78 is 5.60. The van der Waals surface area contributed by atoms with Crippen LogP contribution in [0.5, 0.6) is 0 Å². The Bertz CT molecular complexity index is 354. The zero-order valence-corrected chi connectivity index (χ0v) is 15.3. The van der Waals surface area contributed by atoms with E-state index in [1.165, 1.54) is 32.1 Å². The highest BCUT2D eigenvalue weighted by Crippen LogP contribution is 2.31. The normalized spacial score (nSPS) is 21.2. The highest BCUT2D eigenvalue weighted by Gasteiger charge is 2.42. The van der Waals surface area contributed by atoms with E-state index in [1.54, 1.807) is 0 Å². The molecule has 0 spiro atoms. The molecule has 3 unspecified atom stereocenters. The van der Waals surface area contributed by atoms with Crippen LogP contribution in [0, 0.1) is 0 Å². The topological polar surface area (TPSA) is 70.1 Å². The van der Waals surface area contributed by atoms with Gasteiger partial charge in [-0.1, -0.05) is 64.0 Å². The first-order chi connectivity index (χ1) is 11.6. The molecule has 0 amide bonds. The van der Waals surface area contributed by atoms with Crippen LogP contribution in [0.4, 0.5) is 0 Å². The third-order valence-corrected chi connectivity index (χ3v) is 4.65. The van der Waals surface area contributed by atoms with Gasteiger partial charge in [0.15, 0.2) is 0 Å². The minimum absolute atomic E-state index is 0.0425. The van der Waals surface area contributed by atoms with Crippen molar-refractivity contribution in [2.24, 2.45) is 0 Å². The van der Waals surface area contributed by atoms with E-state index in [1.807, 2.05) is 0 Å². The SMILES string of the molecule is CCCCC/C=C\CC(O)C1OC1CCCCCCCCC(=O)O. The standard InChI is InChI=1S/C20H36O4/c1-2-3-4-5-8-11-14-17(21)20-18(24-20)15-12-9-6-7-10-13-16-19(22)23/h8,11,17-18,20-21H,2-7,9-10,12-16H2,1H3,(H,22,23)/b11-8-. The van der Waals surface area contributed by atoms with Gasteiger partial charge < -0.3 is 14.9 Å². The number of unbranched alkanes of at least 4 members (excludes halogenated alkanes) is 8. The maximum Gasteiger partial charge on any atom is 0.303 e. The summed E-state index contributed by atoms with van der Waals surface area (Å²) in [6, 6.07) is 0. The van der Waals surface area contributed by atoms with Crippen molar-refractivity contribution in [3.8, 4) is 0 Å². The largest absolute Gasteiger partial charge is 0.481 e. The molecular weight excluding hydrogens is 304 g/mol. The number of rotatable bonds is 16. The molecular formula is C20H36O4. The Morgan fingerprint density at radius 3 is 2.46 bits per heavy atom. The Morgan fingerprint density at radius 2 is 1.75 bits per heavy atom. The summed E-state index contributed by atoms with van der Waals surface area (Å²) in [5.41, 5.74) is 0. The maximum absolute atomic E-state index is 10.4. The van der Waals surface area contributed by atoms with E-state index >= 15 is 0 Å². The molecule has 0 saturated carbocycles. The van der Waals surface area contributed by atoms with Crippen molar-refractivity contribution in [1.29, 1.82) is 0 Å². The number of aliphatic hydroxyl groups excluding tert-OH is 1. The van der Waals surface area contributed by atoms with Crippen molar-refractivity contribution in [3.63, 3.8) is 0 Å². The Kier molecular flexibility index (Phi) is 11.8. The summed E-state index contributed by atoms with van der Waals surface area (Å²) in [5, 5.41) is 18.6. The second-order valence-electron chi connectivity index (χ2n) is 6.96. The second kappa shape index (κ2) is 13.4. The minimum Gasteiger partial charge on any atom is -0.481 e. The lowest BCUT2D eigenvalue weighted by Gasteiger charge is -2.04. The van der Waals surface area contributed by atoms with Gasteiger partial charge in [-0.15, -0.1) is 0 Å². The Hall–Kier alpha value is -0.870.